The molecule has 0 aliphatic carbocycles. The summed E-state index contributed by atoms with van der Waals surface area (Å²) >= 11 is 0. The van der Waals surface area contributed by atoms with Crippen molar-refractivity contribution < 1.29 is 9.90 Å². The maximum Gasteiger partial charge on any atom is 0.354 e. The molecule has 0 spiro atoms. The highest BCUT2D eigenvalue weighted by molar-refractivity contribution is 5.86. The number of rotatable bonds is 2. The summed E-state index contributed by atoms with van der Waals surface area (Å²) in [6, 6.07) is 1.38. The second-order valence-electron chi connectivity index (χ2n) is 3.01. The number of imidazole rings is 1. The van der Waals surface area contributed by atoms with Gasteiger partial charge in [0.15, 0.2) is 11.5 Å². The lowest BCUT2D eigenvalue weighted by Gasteiger charge is -1.96. The Kier molecular flexibility index (Phi) is 2.17. The first kappa shape index (κ1) is 9.32. The van der Waals surface area contributed by atoms with Crippen molar-refractivity contribution in [2.45, 2.75) is 6.92 Å². The molecule has 6 heteroatoms. The number of aromatic amines is 1. The van der Waals surface area contributed by atoms with Crippen LogP contribution in [0.3, 0.4) is 0 Å². The van der Waals surface area contributed by atoms with Crippen LogP contribution in [0.1, 0.15) is 16.2 Å². The van der Waals surface area contributed by atoms with Gasteiger partial charge < -0.3 is 10.1 Å². The van der Waals surface area contributed by atoms with Gasteiger partial charge in [-0.1, -0.05) is 0 Å². The molecule has 0 atom stereocenters. The van der Waals surface area contributed by atoms with Crippen LogP contribution in [0.15, 0.2) is 18.6 Å². The van der Waals surface area contributed by atoms with Crippen molar-refractivity contribution in [2.24, 2.45) is 0 Å². The summed E-state index contributed by atoms with van der Waals surface area (Å²) in [5.74, 6) is -0.542. The van der Waals surface area contributed by atoms with E-state index in [1.54, 1.807) is 6.20 Å². The lowest BCUT2D eigenvalue weighted by Crippen LogP contribution is -2.01. The number of aromatic nitrogens is 4. The monoisotopic (exact) mass is 204 g/mol. The van der Waals surface area contributed by atoms with Gasteiger partial charge in [-0.15, -0.1) is 0 Å². The summed E-state index contributed by atoms with van der Waals surface area (Å²) in [6.07, 6.45) is 2.86. The summed E-state index contributed by atoms with van der Waals surface area (Å²) in [5, 5.41) is 8.74. The highest BCUT2D eigenvalue weighted by Gasteiger charge is 2.09. The Balaban J connectivity index is 2.45. The number of aryl methyl sites for hydroxylation is 1. The molecule has 15 heavy (non-hydrogen) atoms. The fourth-order valence-corrected chi connectivity index (χ4v) is 1.15. The smallest absolute Gasteiger partial charge is 0.354 e. The summed E-state index contributed by atoms with van der Waals surface area (Å²) in [4.78, 5) is 25.2. The fourth-order valence-electron chi connectivity index (χ4n) is 1.15. The number of carbonyl (C=O) groups is 1. The van der Waals surface area contributed by atoms with Crippen molar-refractivity contribution in [1.82, 2.24) is 19.9 Å². The summed E-state index contributed by atoms with van der Waals surface area (Å²) in [6.45, 7) is 1.86. The molecular weight excluding hydrogens is 196 g/mol. The molecule has 6 nitrogen and oxygen atoms in total. The number of hydrogen-bond donors (Lipinski definition) is 2. The average Bonchev–Trinajstić information content (AvgIpc) is 2.65. The zero-order chi connectivity index (χ0) is 10.8. The van der Waals surface area contributed by atoms with Crippen LogP contribution in [-0.4, -0.2) is 31.0 Å². The van der Waals surface area contributed by atoms with Gasteiger partial charge in [0.25, 0.3) is 0 Å². The molecule has 2 heterocycles. The third-order valence-electron chi connectivity index (χ3n) is 1.83. The van der Waals surface area contributed by atoms with Gasteiger partial charge in [-0.2, -0.15) is 0 Å². The highest BCUT2D eigenvalue weighted by Crippen LogP contribution is 2.12. The van der Waals surface area contributed by atoms with Gasteiger partial charge in [0.1, 0.15) is 12.0 Å². The van der Waals surface area contributed by atoms with Crippen molar-refractivity contribution >= 4 is 5.97 Å². The summed E-state index contributed by atoms with van der Waals surface area (Å²) in [7, 11) is 0. The standard InChI is InChI=1S/C9H8N4O2/c1-5-3-10-8(13-5)6-2-7(9(14)15)12-4-11-6/h2-4H,1H3,(H,10,13)(H,14,15). The minimum atomic E-state index is -1.08. The zero-order valence-electron chi connectivity index (χ0n) is 7.93. The van der Waals surface area contributed by atoms with E-state index in [1.165, 1.54) is 12.4 Å². The van der Waals surface area contributed by atoms with Gasteiger partial charge in [-0.05, 0) is 6.92 Å². The number of H-pyrrole nitrogens is 1. The van der Waals surface area contributed by atoms with E-state index < -0.39 is 5.97 Å². The lowest BCUT2D eigenvalue weighted by atomic mass is 10.3. The molecule has 2 N–H and O–H groups in total. The van der Waals surface area contributed by atoms with Crippen molar-refractivity contribution in [3.8, 4) is 11.5 Å². The first-order chi connectivity index (χ1) is 7.16. The average molecular weight is 204 g/mol. The second kappa shape index (κ2) is 3.49. The molecule has 0 unspecified atom stereocenters. The predicted molar refractivity (Wildman–Crippen MR) is 51.3 cm³/mol. The molecule has 2 aromatic heterocycles. The van der Waals surface area contributed by atoms with E-state index >= 15 is 0 Å². The number of hydrogen-bond acceptors (Lipinski definition) is 4. The Morgan fingerprint density at radius 1 is 1.40 bits per heavy atom. The molecule has 76 valence electrons. The van der Waals surface area contributed by atoms with Gasteiger partial charge >= 0.3 is 5.97 Å². The van der Waals surface area contributed by atoms with Gasteiger partial charge in [0.05, 0.1) is 0 Å². The van der Waals surface area contributed by atoms with Crippen LogP contribution in [0.5, 0.6) is 0 Å². The quantitative estimate of drug-likeness (QED) is 0.757. The maximum absolute atomic E-state index is 10.7. The van der Waals surface area contributed by atoms with E-state index in [0.29, 0.717) is 11.5 Å². The Hall–Kier alpha value is -2.24. The minimum Gasteiger partial charge on any atom is -0.477 e. The van der Waals surface area contributed by atoms with E-state index in [0.717, 1.165) is 5.69 Å². The molecule has 0 aromatic carbocycles. The van der Waals surface area contributed by atoms with Gasteiger partial charge in [0, 0.05) is 18.0 Å². The minimum absolute atomic E-state index is 0.0472. The van der Waals surface area contributed by atoms with Gasteiger partial charge in [-0.3, -0.25) is 0 Å². The molecule has 0 fully saturated rings. The highest BCUT2D eigenvalue weighted by atomic mass is 16.4. The molecule has 0 aliphatic rings. The third kappa shape index (κ3) is 1.83. The first-order valence-corrected chi connectivity index (χ1v) is 4.24. The second-order valence-corrected chi connectivity index (χ2v) is 3.01. The van der Waals surface area contributed by atoms with Crippen LogP contribution in [0.4, 0.5) is 0 Å². The van der Waals surface area contributed by atoms with Crippen molar-refractivity contribution in [1.29, 1.82) is 0 Å². The van der Waals surface area contributed by atoms with Crippen molar-refractivity contribution in [3.63, 3.8) is 0 Å². The van der Waals surface area contributed by atoms with E-state index in [9.17, 15) is 4.79 Å². The Morgan fingerprint density at radius 2 is 2.20 bits per heavy atom. The van der Waals surface area contributed by atoms with Crippen LogP contribution in [0.2, 0.25) is 0 Å². The Bertz CT molecular complexity index is 506. The Morgan fingerprint density at radius 3 is 2.80 bits per heavy atom. The number of carboxylic acid groups (broad SMARTS) is 1. The molecule has 0 aliphatic heterocycles. The largest absolute Gasteiger partial charge is 0.477 e. The summed E-state index contributed by atoms with van der Waals surface area (Å²) < 4.78 is 0. The van der Waals surface area contributed by atoms with E-state index in [4.69, 9.17) is 5.11 Å². The normalized spacial score (nSPS) is 10.2. The van der Waals surface area contributed by atoms with E-state index in [1.807, 2.05) is 6.92 Å². The van der Waals surface area contributed by atoms with Crippen molar-refractivity contribution in [2.75, 3.05) is 0 Å². The van der Waals surface area contributed by atoms with Crippen LogP contribution in [-0.2, 0) is 0 Å². The molecule has 0 bridgehead atoms. The fraction of sp³-hybridized carbons (Fsp3) is 0.111. The number of aromatic carboxylic acids is 1. The molecule has 0 saturated heterocycles. The van der Waals surface area contributed by atoms with Gasteiger partial charge in [-0.25, -0.2) is 19.7 Å². The van der Waals surface area contributed by atoms with Gasteiger partial charge in [0.2, 0.25) is 0 Å². The maximum atomic E-state index is 10.7. The molecule has 0 radical (unpaired) electrons. The van der Waals surface area contributed by atoms with Crippen LogP contribution in [0.25, 0.3) is 11.5 Å². The molecule has 2 aromatic rings. The number of nitrogens with zero attached hydrogens (tertiary/aromatic N) is 3. The first-order valence-electron chi connectivity index (χ1n) is 4.24. The molecular formula is C9H8N4O2. The lowest BCUT2D eigenvalue weighted by molar-refractivity contribution is 0.0690. The summed E-state index contributed by atoms with van der Waals surface area (Å²) in [5.41, 5.74) is 1.31. The third-order valence-corrected chi connectivity index (χ3v) is 1.83. The molecule has 0 amide bonds. The zero-order valence-corrected chi connectivity index (χ0v) is 7.93. The van der Waals surface area contributed by atoms with Crippen LogP contribution < -0.4 is 0 Å². The predicted octanol–water partition coefficient (Wildman–Crippen LogP) is 0.873. The van der Waals surface area contributed by atoms with Crippen molar-refractivity contribution in [3.05, 3.63) is 30.0 Å². The van der Waals surface area contributed by atoms with E-state index in [-0.39, 0.29) is 5.69 Å². The molecule has 2 rings (SSSR count). The van der Waals surface area contributed by atoms with Crippen LogP contribution in [0, 0.1) is 6.92 Å². The number of carboxylic acids is 1. The topological polar surface area (TPSA) is 91.8 Å². The van der Waals surface area contributed by atoms with E-state index in [2.05, 4.69) is 19.9 Å². The Labute approximate surface area is 85.0 Å². The number of nitrogens with one attached hydrogen (secondary N) is 1. The SMILES string of the molecule is Cc1cnc(-c2cc(C(=O)O)ncn2)[nH]1. The molecule has 0 saturated carbocycles. The van der Waals surface area contributed by atoms with Crippen LogP contribution >= 0.6 is 0 Å².